The highest BCUT2D eigenvalue weighted by Gasteiger charge is 2.19. The Bertz CT molecular complexity index is 516. The minimum Gasteiger partial charge on any atom is -0.503 e. The zero-order valence-electron chi connectivity index (χ0n) is 11.1. The molecule has 1 saturated carbocycles. The fraction of sp³-hybridized carbons (Fsp3) is 0.333. The highest BCUT2D eigenvalue weighted by Crippen LogP contribution is 2.31. The average Bonchev–Trinajstić information content (AvgIpc) is 3.26. The third-order valence-electron chi connectivity index (χ3n) is 2.95. The zero-order valence-corrected chi connectivity index (χ0v) is 11.1. The smallest absolute Gasteiger partial charge is 0.341 e. The maximum absolute atomic E-state index is 11.8. The Balaban J connectivity index is 2.35. The van der Waals surface area contributed by atoms with Crippen LogP contribution in [0, 0.1) is 5.92 Å². The van der Waals surface area contributed by atoms with Gasteiger partial charge < -0.3 is 9.47 Å². The van der Waals surface area contributed by atoms with Crippen LogP contribution in [0.4, 0.5) is 0 Å². The first-order valence-electron chi connectivity index (χ1n) is 6.20. The summed E-state index contributed by atoms with van der Waals surface area (Å²) in [4.78, 5) is 15.9. The number of carbonyl (C=O) groups excluding carboxylic acids is 1. The summed E-state index contributed by atoms with van der Waals surface area (Å²) in [5.74, 6) is 0.246. The van der Waals surface area contributed by atoms with Crippen molar-refractivity contribution in [1.82, 2.24) is 4.98 Å². The van der Waals surface area contributed by atoms with E-state index >= 15 is 0 Å². The number of hydrogen-bond donors (Lipinski definition) is 0. The van der Waals surface area contributed by atoms with Gasteiger partial charge in [-0.3, -0.25) is 4.98 Å². The summed E-state index contributed by atoms with van der Waals surface area (Å²) in [7, 11) is 2.86. The molecule has 0 aliphatic heterocycles. The lowest BCUT2D eigenvalue weighted by atomic mass is 10.0. The Morgan fingerprint density at radius 1 is 1.42 bits per heavy atom. The van der Waals surface area contributed by atoms with E-state index in [4.69, 9.17) is 9.47 Å². The summed E-state index contributed by atoms with van der Waals surface area (Å²) in [6.07, 6.45) is 11.4. The Kier molecular flexibility index (Phi) is 4.34. The predicted molar refractivity (Wildman–Crippen MR) is 73.0 cm³/mol. The third kappa shape index (κ3) is 3.44. The maximum atomic E-state index is 11.8. The van der Waals surface area contributed by atoms with Gasteiger partial charge in [0.25, 0.3) is 0 Å². The number of pyridine rings is 1. The minimum absolute atomic E-state index is 0.392. The number of nitrogens with zero attached hydrogens (tertiary/aromatic N) is 1. The molecule has 4 nitrogen and oxygen atoms in total. The molecule has 19 heavy (non-hydrogen) atoms. The molecule has 0 saturated heterocycles. The number of aromatic nitrogens is 1. The Labute approximate surface area is 112 Å². The van der Waals surface area contributed by atoms with E-state index in [9.17, 15) is 4.79 Å². The van der Waals surface area contributed by atoms with Crippen molar-refractivity contribution in [3.8, 4) is 0 Å². The normalized spacial score (nSPS) is 15.6. The van der Waals surface area contributed by atoms with Crippen LogP contribution in [0.3, 0.4) is 0 Å². The van der Waals surface area contributed by atoms with Crippen LogP contribution in [0.2, 0.25) is 0 Å². The SMILES string of the molecule is CO/C=C(/C(=O)OC)c1ccncc1/C=C/C1CC1. The van der Waals surface area contributed by atoms with E-state index in [2.05, 4.69) is 11.1 Å². The Hall–Kier alpha value is -2.10. The first-order chi connectivity index (χ1) is 9.26. The molecule has 0 atom stereocenters. The van der Waals surface area contributed by atoms with Crippen LogP contribution in [-0.4, -0.2) is 25.2 Å². The van der Waals surface area contributed by atoms with Crippen molar-refractivity contribution in [2.45, 2.75) is 12.8 Å². The minimum atomic E-state index is -0.422. The van der Waals surface area contributed by atoms with Gasteiger partial charge in [-0.1, -0.05) is 12.2 Å². The van der Waals surface area contributed by atoms with Crippen LogP contribution in [0.5, 0.6) is 0 Å². The van der Waals surface area contributed by atoms with Crippen molar-refractivity contribution in [3.05, 3.63) is 41.9 Å². The van der Waals surface area contributed by atoms with E-state index in [0.717, 1.165) is 11.1 Å². The molecule has 1 aromatic heterocycles. The first-order valence-corrected chi connectivity index (χ1v) is 6.20. The summed E-state index contributed by atoms with van der Waals surface area (Å²) in [5.41, 5.74) is 2.05. The van der Waals surface area contributed by atoms with E-state index in [1.165, 1.54) is 33.3 Å². The van der Waals surface area contributed by atoms with Gasteiger partial charge in [0.05, 0.1) is 20.5 Å². The van der Waals surface area contributed by atoms with Crippen molar-refractivity contribution < 1.29 is 14.3 Å². The summed E-state index contributed by atoms with van der Waals surface area (Å²) in [5, 5.41) is 0. The fourth-order valence-corrected chi connectivity index (χ4v) is 1.76. The topological polar surface area (TPSA) is 48.4 Å². The number of esters is 1. The van der Waals surface area contributed by atoms with Gasteiger partial charge in [0.2, 0.25) is 0 Å². The molecular formula is C15H17NO3. The van der Waals surface area contributed by atoms with Crippen LogP contribution in [0.1, 0.15) is 24.0 Å². The molecule has 100 valence electrons. The molecule has 0 radical (unpaired) electrons. The van der Waals surface area contributed by atoms with Crippen molar-refractivity contribution in [1.29, 1.82) is 0 Å². The third-order valence-corrected chi connectivity index (χ3v) is 2.95. The lowest BCUT2D eigenvalue weighted by molar-refractivity contribution is -0.133. The number of rotatable bonds is 5. The molecule has 0 spiro atoms. The summed E-state index contributed by atoms with van der Waals surface area (Å²) >= 11 is 0. The van der Waals surface area contributed by atoms with Crippen molar-refractivity contribution in [3.63, 3.8) is 0 Å². The van der Waals surface area contributed by atoms with Crippen LogP contribution in [-0.2, 0) is 14.3 Å². The highest BCUT2D eigenvalue weighted by atomic mass is 16.5. The van der Waals surface area contributed by atoms with Gasteiger partial charge in [0.1, 0.15) is 5.57 Å². The van der Waals surface area contributed by atoms with Crippen molar-refractivity contribution in [2.75, 3.05) is 14.2 Å². The molecule has 1 fully saturated rings. The second kappa shape index (κ2) is 6.18. The molecule has 1 heterocycles. The molecule has 0 N–H and O–H groups in total. The summed E-state index contributed by atoms with van der Waals surface area (Å²) in [6.45, 7) is 0. The maximum Gasteiger partial charge on any atom is 0.341 e. The van der Waals surface area contributed by atoms with Gasteiger partial charge >= 0.3 is 5.97 Å². The number of methoxy groups -OCH3 is 2. The summed E-state index contributed by atoms with van der Waals surface area (Å²) in [6, 6.07) is 1.79. The number of hydrogen-bond acceptors (Lipinski definition) is 4. The molecule has 0 amide bonds. The molecule has 4 heteroatoms. The largest absolute Gasteiger partial charge is 0.503 e. The molecule has 0 aromatic carbocycles. The monoisotopic (exact) mass is 259 g/mol. The van der Waals surface area contributed by atoms with Crippen LogP contribution in [0.15, 0.2) is 30.8 Å². The van der Waals surface area contributed by atoms with Gasteiger partial charge in [-0.25, -0.2) is 4.79 Å². The first kappa shape index (κ1) is 13.3. The summed E-state index contributed by atoms with van der Waals surface area (Å²) < 4.78 is 9.75. The molecule has 1 aliphatic rings. The second-order valence-electron chi connectivity index (χ2n) is 4.42. The average molecular weight is 259 g/mol. The second-order valence-corrected chi connectivity index (χ2v) is 4.42. The molecule has 0 unspecified atom stereocenters. The molecule has 0 bridgehead atoms. The quantitative estimate of drug-likeness (QED) is 0.463. The fourth-order valence-electron chi connectivity index (χ4n) is 1.76. The van der Waals surface area contributed by atoms with E-state index in [0.29, 0.717) is 11.5 Å². The predicted octanol–water partition coefficient (Wildman–Crippen LogP) is 2.67. The van der Waals surface area contributed by atoms with E-state index < -0.39 is 5.97 Å². The lowest BCUT2D eigenvalue weighted by Gasteiger charge is -2.08. The van der Waals surface area contributed by atoms with E-state index in [-0.39, 0.29) is 0 Å². The molecule has 1 aliphatic carbocycles. The van der Waals surface area contributed by atoms with Gasteiger partial charge in [-0.2, -0.15) is 0 Å². The van der Waals surface area contributed by atoms with Crippen molar-refractivity contribution >= 4 is 17.6 Å². The molecule has 1 aromatic rings. The van der Waals surface area contributed by atoms with Crippen LogP contribution in [0.25, 0.3) is 11.6 Å². The van der Waals surface area contributed by atoms with Gasteiger partial charge in [-0.15, -0.1) is 0 Å². The van der Waals surface area contributed by atoms with E-state index in [1.54, 1.807) is 18.5 Å². The van der Waals surface area contributed by atoms with Gasteiger partial charge in [0.15, 0.2) is 0 Å². The number of ether oxygens (including phenoxy) is 2. The van der Waals surface area contributed by atoms with Crippen molar-refractivity contribution in [2.24, 2.45) is 5.92 Å². The van der Waals surface area contributed by atoms with Gasteiger partial charge in [-0.05, 0) is 24.8 Å². The Morgan fingerprint density at radius 3 is 2.84 bits per heavy atom. The molecular weight excluding hydrogens is 242 g/mol. The molecule has 2 rings (SSSR count). The van der Waals surface area contributed by atoms with E-state index in [1.807, 2.05) is 6.08 Å². The number of allylic oxidation sites excluding steroid dienone is 1. The van der Waals surface area contributed by atoms with Crippen LogP contribution < -0.4 is 0 Å². The Morgan fingerprint density at radius 2 is 2.21 bits per heavy atom. The zero-order chi connectivity index (χ0) is 13.7. The lowest BCUT2D eigenvalue weighted by Crippen LogP contribution is -2.06. The standard InChI is InChI=1S/C15H17NO3/c1-18-10-14(15(17)19-2)13-7-8-16-9-12(13)6-5-11-3-4-11/h5-11H,3-4H2,1-2H3/b6-5+,14-10+. The van der Waals surface area contributed by atoms with Crippen LogP contribution >= 0.6 is 0 Å². The number of carbonyl (C=O) groups is 1. The highest BCUT2D eigenvalue weighted by molar-refractivity contribution is 6.17. The van der Waals surface area contributed by atoms with Gasteiger partial charge in [0, 0.05) is 23.5 Å².